The van der Waals surface area contributed by atoms with Gasteiger partial charge in [-0.3, -0.25) is 19.9 Å². The van der Waals surface area contributed by atoms with Crippen molar-refractivity contribution in [3.8, 4) is 5.75 Å². The van der Waals surface area contributed by atoms with Crippen molar-refractivity contribution in [2.75, 3.05) is 13.2 Å². The van der Waals surface area contributed by atoms with Crippen molar-refractivity contribution >= 4 is 41.0 Å². The minimum absolute atomic E-state index is 0.0954. The topological polar surface area (TPSA) is 103 Å². The Bertz CT molecular complexity index is 1500. The first-order valence-electron chi connectivity index (χ1n) is 15.9. The first-order valence-corrected chi connectivity index (χ1v) is 16.7. The van der Waals surface area contributed by atoms with Gasteiger partial charge in [0.25, 0.3) is 0 Å². The number of benzene rings is 3. The minimum atomic E-state index is -0.456. The average molecular weight is 668 g/mol. The van der Waals surface area contributed by atoms with Crippen LogP contribution in [0.15, 0.2) is 71.7 Å². The van der Waals surface area contributed by atoms with Crippen LogP contribution in [0.2, 0.25) is 10.0 Å². The predicted molar refractivity (Wildman–Crippen MR) is 184 cm³/mol. The van der Waals surface area contributed by atoms with Crippen molar-refractivity contribution in [2.24, 2.45) is 4.99 Å². The number of amidine groups is 1. The molecule has 0 saturated carbocycles. The zero-order valence-electron chi connectivity index (χ0n) is 27.0. The first kappa shape index (κ1) is 35.3. The van der Waals surface area contributed by atoms with Crippen LogP contribution in [0.3, 0.4) is 0 Å². The standard InChI is InChI=1S/C36H44Cl2N4O4/c1-5-46-30-23-26(36(2,3)4)16-21-29(30)34-40-32(24-12-17-27(37)18-13-24)33(25-14-19-28(38)20-15-25)42(34)35(44)39-22-10-8-6-7-9-11-31(43)41-45/h12-21,23,32-33,45H,5-11,22H2,1-4H3,(H,39,44)(H,41,43). The summed E-state index contributed by atoms with van der Waals surface area (Å²) in [4.78, 5) is 32.5. The number of urea groups is 1. The van der Waals surface area contributed by atoms with E-state index in [-0.39, 0.29) is 17.4 Å². The molecule has 0 aliphatic carbocycles. The highest BCUT2D eigenvalue weighted by Crippen LogP contribution is 2.45. The third kappa shape index (κ3) is 9.02. The Kier molecular flexibility index (Phi) is 12.5. The summed E-state index contributed by atoms with van der Waals surface area (Å²) in [7, 11) is 0. The van der Waals surface area contributed by atoms with Gasteiger partial charge in [-0.25, -0.2) is 10.3 Å². The molecule has 1 aliphatic rings. The fourth-order valence-electron chi connectivity index (χ4n) is 5.59. The maximum absolute atomic E-state index is 14.2. The molecule has 2 atom stereocenters. The lowest BCUT2D eigenvalue weighted by atomic mass is 9.86. The number of carbonyl (C=O) groups excluding carboxylic acids is 2. The van der Waals surface area contributed by atoms with Gasteiger partial charge in [0.2, 0.25) is 5.91 Å². The number of ether oxygens (including phenoxy) is 1. The summed E-state index contributed by atoms with van der Waals surface area (Å²) in [6.45, 7) is 9.37. The SMILES string of the molecule is CCOc1cc(C(C)(C)C)ccc1C1=NC(c2ccc(Cl)cc2)C(c2ccc(Cl)cc2)N1C(=O)NCCCCCCCC(=O)NO. The van der Waals surface area contributed by atoms with Gasteiger partial charge in [-0.05, 0) is 78.3 Å². The molecule has 1 aliphatic heterocycles. The molecule has 0 saturated heterocycles. The molecule has 0 aromatic heterocycles. The van der Waals surface area contributed by atoms with Crippen molar-refractivity contribution in [2.45, 2.75) is 83.7 Å². The third-order valence-electron chi connectivity index (χ3n) is 8.08. The molecule has 4 rings (SSSR count). The van der Waals surface area contributed by atoms with Crippen LogP contribution in [0.5, 0.6) is 5.75 Å². The maximum atomic E-state index is 14.2. The smallest absolute Gasteiger partial charge is 0.323 e. The molecule has 1 heterocycles. The van der Waals surface area contributed by atoms with Crippen molar-refractivity contribution in [1.29, 1.82) is 0 Å². The van der Waals surface area contributed by atoms with E-state index in [0.717, 1.165) is 47.9 Å². The van der Waals surface area contributed by atoms with Crippen LogP contribution in [0.4, 0.5) is 4.79 Å². The van der Waals surface area contributed by atoms with E-state index in [1.807, 2.05) is 61.5 Å². The summed E-state index contributed by atoms with van der Waals surface area (Å²) in [6.07, 6.45) is 4.49. The van der Waals surface area contributed by atoms with Gasteiger partial charge in [-0.15, -0.1) is 0 Å². The monoisotopic (exact) mass is 666 g/mol. The molecule has 3 aromatic carbocycles. The fraction of sp³-hybridized carbons (Fsp3) is 0.417. The van der Waals surface area contributed by atoms with E-state index in [4.69, 9.17) is 38.1 Å². The Morgan fingerprint density at radius 1 is 0.891 bits per heavy atom. The van der Waals surface area contributed by atoms with Gasteiger partial charge in [0, 0.05) is 23.0 Å². The number of unbranched alkanes of at least 4 members (excludes halogenated alkanes) is 4. The number of halogens is 2. The molecule has 3 aromatic rings. The third-order valence-corrected chi connectivity index (χ3v) is 8.58. The van der Waals surface area contributed by atoms with Crippen LogP contribution in [-0.4, -0.2) is 41.0 Å². The van der Waals surface area contributed by atoms with Crippen LogP contribution in [0, 0.1) is 0 Å². The second-order valence-electron chi connectivity index (χ2n) is 12.5. The molecule has 0 fully saturated rings. The molecule has 0 spiro atoms. The van der Waals surface area contributed by atoms with Crippen LogP contribution in [-0.2, 0) is 10.2 Å². The van der Waals surface area contributed by atoms with E-state index >= 15 is 0 Å². The normalized spacial score (nSPS) is 16.2. The van der Waals surface area contributed by atoms with Gasteiger partial charge in [0.05, 0.1) is 18.2 Å². The Morgan fingerprint density at radius 3 is 2.11 bits per heavy atom. The molecule has 10 heteroatoms. The fourth-order valence-corrected chi connectivity index (χ4v) is 5.85. The zero-order chi connectivity index (χ0) is 33.3. The predicted octanol–water partition coefficient (Wildman–Crippen LogP) is 8.79. The first-order chi connectivity index (χ1) is 22.0. The summed E-state index contributed by atoms with van der Waals surface area (Å²) < 4.78 is 6.18. The van der Waals surface area contributed by atoms with E-state index in [2.05, 4.69) is 38.2 Å². The van der Waals surface area contributed by atoms with Gasteiger partial charge in [0.15, 0.2) is 0 Å². The Hall–Kier alpha value is -3.59. The molecular weight excluding hydrogens is 623 g/mol. The van der Waals surface area contributed by atoms with E-state index in [1.54, 1.807) is 10.4 Å². The number of hydrogen-bond donors (Lipinski definition) is 3. The lowest BCUT2D eigenvalue weighted by Gasteiger charge is -2.30. The number of amides is 3. The molecule has 3 N–H and O–H groups in total. The van der Waals surface area contributed by atoms with Crippen LogP contribution in [0.1, 0.15) is 101 Å². The molecule has 3 amide bonds. The summed E-state index contributed by atoms with van der Waals surface area (Å²) in [5, 5.41) is 13.0. The maximum Gasteiger partial charge on any atom is 0.323 e. The zero-order valence-corrected chi connectivity index (χ0v) is 28.5. The number of nitrogens with one attached hydrogen (secondary N) is 2. The van der Waals surface area contributed by atoms with Gasteiger partial charge in [0.1, 0.15) is 17.6 Å². The highest BCUT2D eigenvalue weighted by atomic mass is 35.5. The van der Waals surface area contributed by atoms with E-state index < -0.39 is 12.1 Å². The van der Waals surface area contributed by atoms with Crippen LogP contribution in [0.25, 0.3) is 0 Å². The number of aliphatic imine (C=N–C) groups is 1. The van der Waals surface area contributed by atoms with Gasteiger partial charge >= 0.3 is 6.03 Å². The van der Waals surface area contributed by atoms with Crippen molar-refractivity contribution in [3.05, 3.63) is 99.0 Å². The van der Waals surface area contributed by atoms with Gasteiger partial charge < -0.3 is 10.1 Å². The molecule has 8 nitrogen and oxygen atoms in total. The van der Waals surface area contributed by atoms with Crippen LogP contribution >= 0.6 is 23.2 Å². The molecule has 0 bridgehead atoms. The second-order valence-corrected chi connectivity index (χ2v) is 13.4. The summed E-state index contributed by atoms with van der Waals surface area (Å²) >= 11 is 12.6. The summed E-state index contributed by atoms with van der Waals surface area (Å²) in [5.74, 6) is 0.833. The summed E-state index contributed by atoms with van der Waals surface area (Å²) in [5.41, 5.74) is 5.26. The molecule has 2 unspecified atom stereocenters. The highest BCUT2D eigenvalue weighted by molar-refractivity contribution is 6.30. The Balaban J connectivity index is 1.68. The van der Waals surface area contributed by atoms with Crippen molar-refractivity contribution in [1.82, 2.24) is 15.7 Å². The van der Waals surface area contributed by atoms with E-state index in [0.29, 0.717) is 47.6 Å². The van der Waals surface area contributed by atoms with Gasteiger partial charge in [-0.2, -0.15) is 0 Å². The number of hydrogen-bond acceptors (Lipinski definition) is 5. The molecule has 246 valence electrons. The quantitative estimate of drug-likeness (QED) is 0.0963. The second kappa shape index (κ2) is 16.3. The highest BCUT2D eigenvalue weighted by Gasteiger charge is 2.43. The largest absolute Gasteiger partial charge is 0.493 e. The Labute approximate surface area is 282 Å². The van der Waals surface area contributed by atoms with E-state index in [1.165, 1.54) is 0 Å². The molecule has 46 heavy (non-hydrogen) atoms. The van der Waals surface area contributed by atoms with Gasteiger partial charge in [-0.1, -0.05) is 93.6 Å². The van der Waals surface area contributed by atoms with E-state index in [9.17, 15) is 9.59 Å². The minimum Gasteiger partial charge on any atom is -0.493 e. The van der Waals surface area contributed by atoms with Crippen LogP contribution < -0.4 is 15.5 Å². The number of hydroxylamine groups is 1. The number of rotatable bonds is 13. The lowest BCUT2D eigenvalue weighted by molar-refractivity contribution is -0.129. The molecular formula is C36H44Cl2N4O4. The average Bonchev–Trinajstić information content (AvgIpc) is 3.43. The lowest BCUT2D eigenvalue weighted by Crippen LogP contribution is -2.44. The van der Waals surface area contributed by atoms with Crippen molar-refractivity contribution in [3.63, 3.8) is 0 Å². The van der Waals surface area contributed by atoms with Crippen molar-refractivity contribution < 1.29 is 19.5 Å². The number of carbonyl (C=O) groups is 2. The Morgan fingerprint density at radius 2 is 1.50 bits per heavy atom. The molecule has 0 radical (unpaired) electrons. The number of nitrogens with zero attached hydrogens (tertiary/aromatic N) is 2. The summed E-state index contributed by atoms with van der Waals surface area (Å²) in [6, 6.07) is 20.1.